The number of rotatable bonds is 6. The van der Waals surface area contributed by atoms with E-state index in [0.29, 0.717) is 12.1 Å². The Hall–Kier alpha value is -1.01. The lowest BCUT2D eigenvalue weighted by Gasteiger charge is -2.36. The molecule has 0 saturated carbocycles. The molecule has 1 aromatic rings. The Morgan fingerprint density at radius 2 is 2.00 bits per heavy atom. The number of ether oxygens (including phenoxy) is 2. The molecule has 1 aliphatic rings. The van der Waals surface area contributed by atoms with Gasteiger partial charge in [0.15, 0.2) is 0 Å². The molecule has 0 aromatic heterocycles. The predicted molar refractivity (Wildman–Crippen MR) is 78.5 cm³/mol. The van der Waals surface area contributed by atoms with Crippen LogP contribution in [0.5, 0.6) is 0 Å². The summed E-state index contributed by atoms with van der Waals surface area (Å²) < 4.78 is 24.5. The monoisotopic (exact) mass is 297 g/mol. The molecule has 0 aliphatic carbocycles. The van der Waals surface area contributed by atoms with Gasteiger partial charge in [0.05, 0.1) is 31.5 Å². The Bertz CT molecular complexity index is 433. The van der Waals surface area contributed by atoms with Crippen LogP contribution in [0.4, 0.5) is 4.39 Å². The van der Waals surface area contributed by atoms with Gasteiger partial charge < -0.3 is 14.6 Å². The highest BCUT2D eigenvalue weighted by Crippen LogP contribution is 2.11. The minimum Gasteiger partial charge on any atom is -0.389 e. The fourth-order valence-electron chi connectivity index (χ4n) is 2.70. The van der Waals surface area contributed by atoms with Crippen molar-refractivity contribution in [2.24, 2.45) is 0 Å². The van der Waals surface area contributed by atoms with E-state index in [4.69, 9.17) is 9.47 Å². The molecular weight excluding hydrogens is 273 g/mol. The summed E-state index contributed by atoms with van der Waals surface area (Å²) in [4.78, 5) is 2.18. The zero-order chi connectivity index (χ0) is 15.2. The molecule has 5 heteroatoms. The Labute approximate surface area is 125 Å². The number of nitrogens with zero attached hydrogens (tertiary/aromatic N) is 1. The van der Waals surface area contributed by atoms with Crippen molar-refractivity contribution in [2.45, 2.75) is 38.8 Å². The molecule has 1 aromatic carbocycles. The van der Waals surface area contributed by atoms with Crippen LogP contribution in [0.25, 0.3) is 0 Å². The first-order valence-corrected chi connectivity index (χ1v) is 7.41. The van der Waals surface area contributed by atoms with E-state index in [9.17, 15) is 9.50 Å². The Kier molecular flexibility index (Phi) is 6.11. The minimum absolute atomic E-state index is 0.180. The molecule has 2 rings (SSSR count). The van der Waals surface area contributed by atoms with E-state index in [1.807, 2.05) is 13.8 Å². The normalized spacial score (nSPS) is 25.0. The fraction of sp³-hybridized carbons (Fsp3) is 0.625. The number of hydrogen-bond donors (Lipinski definition) is 1. The second-order valence-electron chi connectivity index (χ2n) is 5.74. The lowest BCUT2D eigenvalue weighted by Crippen LogP contribution is -2.48. The first-order valence-electron chi connectivity index (χ1n) is 7.41. The zero-order valence-electron chi connectivity index (χ0n) is 12.7. The molecule has 1 N–H and O–H groups in total. The molecule has 3 atom stereocenters. The standard InChI is InChI=1S/C16H24FNO3/c1-12-7-18(8-13(2)21-12)9-15(19)11-20-10-14-5-3-4-6-16(14)17/h3-6,12-13,15,19H,7-11H2,1-2H3/t12-,13+,15-/m1/s1. The highest BCUT2D eigenvalue weighted by molar-refractivity contribution is 5.16. The molecule has 0 amide bonds. The Morgan fingerprint density at radius 3 is 2.67 bits per heavy atom. The van der Waals surface area contributed by atoms with Crippen LogP contribution < -0.4 is 0 Å². The van der Waals surface area contributed by atoms with Crippen molar-refractivity contribution in [3.8, 4) is 0 Å². The van der Waals surface area contributed by atoms with E-state index in [-0.39, 0.29) is 31.2 Å². The van der Waals surface area contributed by atoms with E-state index in [2.05, 4.69) is 4.90 Å². The maximum atomic E-state index is 13.4. The van der Waals surface area contributed by atoms with Gasteiger partial charge in [0, 0.05) is 25.2 Å². The van der Waals surface area contributed by atoms with Crippen LogP contribution >= 0.6 is 0 Å². The van der Waals surface area contributed by atoms with E-state index in [1.165, 1.54) is 6.07 Å². The number of morpholine rings is 1. The molecule has 0 unspecified atom stereocenters. The van der Waals surface area contributed by atoms with E-state index in [0.717, 1.165) is 13.1 Å². The lowest BCUT2D eigenvalue weighted by atomic mass is 10.2. The molecule has 1 aliphatic heterocycles. The van der Waals surface area contributed by atoms with Gasteiger partial charge in [-0.15, -0.1) is 0 Å². The molecule has 0 radical (unpaired) electrons. The van der Waals surface area contributed by atoms with Gasteiger partial charge in [0.1, 0.15) is 5.82 Å². The van der Waals surface area contributed by atoms with Crippen molar-refractivity contribution in [2.75, 3.05) is 26.2 Å². The second-order valence-corrected chi connectivity index (χ2v) is 5.74. The molecule has 21 heavy (non-hydrogen) atoms. The van der Waals surface area contributed by atoms with Crippen molar-refractivity contribution in [3.63, 3.8) is 0 Å². The molecule has 0 bridgehead atoms. The second kappa shape index (κ2) is 7.84. The van der Waals surface area contributed by atoms with Gasteiger partial charge in [-0.25, -0.2) is 4.39 Å². The quantitative estimate of drug-likeness (QED) is 0.869. The summed E-state index contributed by atoms with van der Waals surface area (Å²) in [6.45, 7) is 6.63. The molecule has 1 saturated heterocycles. The van der Waals surface area contributed by atoms with Gasteiger partial charge in [-0.05, 0) is 19.9 Å². The summed E-state index contributed by atoms with van der Waals surface area (Å²) in [5, 5.41) is 10.0. The van der Waals surface area contributed by atoms with Crippen LogP contribution in [0.1, 0.15) is 19.4 Å². The fourth-order valence-corrected chi connectivity index (χ4v) is 2.70. The molecule has 4 nitrogen and oxygen atoms in total. The van der Waals surface area contributed by atoms with Gasteiger partial charge in [-0.1, -0.05) is 18.2 Å². The van der Waals surface area contributed by atoms with Crippen molar-refractivity contribution < 1.29 is 19.0 Å². The van der Waals surface area contributed by atoms with Crippen LogP contribution in [0, 0.1) is 5.82 Å². The van der Waals surface area contributed by atoms with E-state index < -0.39 is 6.10 Å². The topological polar surface area (TPSA) is 41.9 Å². The first-order chi connectivity index (χ1) is 10.0. The number of halogens is 1. The lowest BCUT2D eigenvalue weighted by molar-refractivity contribution is -0.0826. The van der Waals surface area contributed by atoms with Crippen LogP contribution in [0.3, 0.4) is 0 Å². The van der Waals surface area contributed by atoms with Gasteiger partial charge >= 0.3 is 0 Å². The Balaban J connectivity index is 1.70. The highest BCUT2D eigenvalue weighted by atomic mass is 19.1. The van der Waals surface area contributed by atoms with Crippen LogP contribution in [0.15, 0.2) is 24.3 Å². The maximum Gasteiger partial charge on any atom is 0.128 e. The minimum atomic E-state index is -0.575. The van der Waals surface area contributed by atoms with E-state index >= 15 is 0 Å². The number of aliphatic hydroxyl groups excluding tert-OH is 1. The average Bonchev–Trinajstić information content (AvgIpc) is 2.39. The number of benzene rings is 1. The third-order valence-corrected chi connectivity index (χ3v) is 3.49. The third kappa shape index (κ3) is 5.36. The number of hydrogen-bond acceptors (Lipinski definition) is 4. The molecular formula is C16H24FNO3. The predicted octanol–water partition coefficient (Wildman–Crippen LogP) is 1.81. The van der Waals surface area contributed by atoms with Gasteiger partial charge in [0.25, 0.3) is 0 Å². The summed E-state index contributed by atoms with van der Waals surface area (Å²) in [5.41, 5.74) is 0.512. The molecule has 1 heterocycles. The summed E-state index contributed by atoms with van der Waals surface area (Å²) in [6, 6.07) is 6.52. The van der Waals surface area contributed by atoms with Crippen LogP contribution in [-0.4, -0.2) is 54.6 Å². The average molecular weight is 297 g/mol. The smallest absolute Gasteiger partial charge is 0.128 e. The van der Waals surface area contributed by atoms with Gasteiger partial charge in [-0.3, -0.25) is 4.90 Å². The van der Waals surface area contributed by atoms with Crippen LogP contribution in [-0.2, 0) is 16.1 Å². The third-order valence-electron chi connectivity index (χ3n) is 3.49. The first kappa shape index (κ1) is 16.4. The maximum absolute atomic E-state index is 13.4. The van der Waals surface area contributed by atoms with Crippen molar-refractivity contribution in [3.05, 3.63) is 35.6 Å². The zero-order valence-corrected chi connectivity index (χ0v) is 12.7. The number of aliphatic hydroxyl groups is 1. The molecule has 1 fully saturated rings. The Morgan fingerprint density at radius 1 is 1.33 bits per heavy atom. The van der Waals surface area contributed by atoms with Crippen molar-refractivity contribution in [1.29, 1.82) is 0 Å². The van der Waals surface area contributed by atoms with Crippen molar-refractivity contribution >= 4 is 0 Å². The molecule has 118 valence electrons. The van der Waals surface area contributed by atoms with Crippen LogP contribution in [0.2, 0.25) is 0 Å². The summed E-state index contributed by atoms with van der Waals surface area (Å²) in [6.07, 6.45) is -0.213. The largest absolute Gasteiger partial charge is 0.389 e. The SMILES string of the molecule is C[C@@H]1CN(C[C@@H](O)COCc2ccccc2F)C[C@H](C)O1. The van der Waals surface area contributed by atoms with Gasteiger partial charge in [0.2, 0.25) is 0 Å². The summed E-state index contributed by atoms with van der Waals surface area (Å²) in [7, 11) is 0. The summed E-state index contributed by atoms with van der Waals surface area (Å²) >= 11 is 0. The number of β-amino-alcohol motifs (C(OH)–C–C–N with tert-alkyl or cyclic N) is 1. The highest BCUT2D eigenvalue weighted by Gasteiger charge is 2.23. The van der Waals surface area contributed by atoms with E-state index in [1.54, 1.807) is 18.2 Å². The van der Waals surface area contributed by atoms with Gasteiger partial charge in [-0.2, -0.15) is 0 Å². The van der Waals surface area contributed by atoms with Crippen molar-refractivity contribution in [1.82, 2.24) is 4.90 Å². The summed E-state index contributed by atoms with van der Waals surface area (Å²) in [5.74, 6) is -0.275. The molecule has 0 spiro atoms.